The molecule has 1 saturated carbocycles. The van der Waals surface area contributed by atoms with Crippen LogP contribution in [0.15, 0.2) is 48.6 Å². The molecule has 0 radical (unpaired) electrons. The Morgan fingerprint density at radius 1 is 1.15 bits per heavy atom. The molecular formula is C22H32O5. The molecule has 0 aromatic heterocycles. The van der Waals surface area contributed by atoms with Crippen LogP contribution < -0.4 is 0 Å². The van der Waals surface area contributed by atoms with Crippen LogP contribution in [0.2, 0.25) is 0 Å². The average Bonchev–Trinajstić information content (AvgIpc) is 2.89. The number of carboxylic acid groups (broad SMARTS) is 1. The molecule has 0 aromatic carbocycles. The molecule has 5 heteroatoms. The van der Waals surface area contributed by atoms with Crippen LogP contribution in [0.1, 0.15) is 51.9 Å². The highest BCUT2D eigenvalue weighted by molar-refractivity contribution is 5.84. The average molecular weight is 376 g/mol. The number of ketones is 1. The standard InChI is InChI=1S/C22H32O5/c1-2-3-4-5-6-7-8-9-10-11-18-19(21(25)16-20(18)24)14-12-17(23)13-15-22(26)27/h3-4,6-7,9-10,12,14,17-19,21,23,25H,2,5,8,11,13,15-16H2,1H3,(H,26,27)/b4-3-,7-6-,10-9-,14-12+/t17-,18-,19-,21+/m1/s1. The molecular weight excluding hydrogens is 344 g/mol. The van der Waals surface area contributed by atoms with Gasteiger partial charge in [-0.2, -0.15) is 0 Å². The van der Waals surface area contributed by atoms with Gasteiger partial charge in [-0.3, -0.25) is 9.59 Å². The number of hydrogen-bond donors (Lipinski definition) is 3. The van der Waals surface area contributed by atoms with Gasteiger partial charge in [0.2, 0.25) is 0 Å². The van der Waals surface area contributed by atoms with E-state index in [2.05, 4.69) is 31.2 Å². The Labute approximate surface area is 161 Å². The first kappa shape index (κ1) is 23.1. The van der Waals surface area contributed by atoms with Gasteiger partial charge in [0.15, 0.2) is 0 Å². The zero-order chi connectivity index (χ0) is 20.1. The summed E-state index contributed by atoms with van der Waals surface area (Å²) in [5.74, 6) is -1.56. The Morgan fingerprint density at radius 3 is 2.41 bits per heavy atom. The first-order chi connectivity index (χ1) is 13.0. The molecule has 0 aliphatic heterocycles. The fourth-order valence-electron chi connectivity index (χ4n) is 3.10. The Balaban J connectivity index is 2.48. The molecule has 27 heavy (non-hydrogen) atoms. The van der Waals surface area contributed by atoms with Gasteiger partial charge in [-0.1, -0.05) is 55.5 Å². The summed E-state index contributed by atoms with van der Waals surface area (Å²) >= 11 is 0. The summed E-state index contributed by atoms with van der Waals surface area (Å²) in [5.41, 5.74) is 0. The smallest absolute Gasteiger partial charge is 0.303 e. The lowest BCUT2D eigenvalue weighted by Crippen LogP contribution is -2.19. The quantitative estimate of drug-likeness (QED) is 0.453. The number of hydrogen-bond acceptors (Lipinski definition) is 4. The molecule has 1 fully saturated rings. The number of Topliss-reactive ketones (excluding diaryl/α,β-unsaturated/α-hetero) is 1. The van der Waals surface area contributed by atoms with E-state index >= 15 is 0 Å². The minimum atomic E-state index is -0.961. The lowest BCUT2D eigenvalue weighted by atomic mass is 9.90. The predicted octanol–water partition coefficient (Wildman–Crippen LogP) is 3.58. The van der Waals surface area contributed by atoms with Crippen LogP contribution in [0, 0.1) is 11.8 Å². The number of carbonyl (C=O) groups is 2. The zero-order valence-corrected chi connectivity index (χ0v) is 16.0. The van der Waals surface area contributed by atoms with Crippen molar-refractivity contribution in [2.24, 2.45) is 11.8 Å². The van der Waals surface area contributed by atoms with E-state index < -0.39 is 18.2 Å². The highest BCUT2D eigenvalue weighted by atomic mass is 16.4. The summed E-state index contributed by atoms with van der Waals surface area (Å²) in [4.78, 5) is 22.7. The largest absolute Gasteiger partial charge is 0.481 e. The van der Waals surface area contributed by atoms with Gasteiger partial charge in [0.1, 0.15) is 5.78 Å². The Hall–Kier alpha value is -1.98. The van der Waals surface area contributed by atoms with Gasteiger partial charge in [0.25, 0.3) is 0 Å². The van der Waals surface area contributed by atoms with Crippen molar-refractivity contribution in [1.29, 1.82) is 0 Å². The van der Waals surface area contributed by atoms with Gasteiger partial charge >= 0.3 is 5.97 Å². The summed E-state index contributed by atoms with van der Waals surface area (Å²) in [6.07, 6.45) is 17.4. The number of carbonyl (C=O) groups excluding carboxylic acids is 1. The minimum Gasteiger partial charge on any atom is -0.481 e. The first-order valence-corrected chi connectivity index (χ1v) is 9.69. The number of aliphatic carboxylic acids is 1. The van der Waals surface area contributed by atoms with Crippen molar-refractivity contribution < 1.29 is 24.9 Å². The summed E-state index contributed by atoms with van der Waals surface area (Å²) in [6, 6.07) is 0. The first-order valence-electron chi connectivity index (χ1n) is 9.69. The minimum absolute atomic E-state index is 0.0297. The van der Waals surface area contributed by atoms with Crippen LogP contribution in [-0.2, 0) is 9.59 Å². The van der Waals surface area contributed by atoms with Gasteiger partial charge in [0, 0.05) is 24.7 Å². The van der Waals surface area contributed by atoms with E-state index in [0.29, 0.717) is 6.42 Å². The maximum absolute atomic E-state index is 12.1. The summed E-state index contributed by atoms with van der Waals surface area (Å²) < 4.78 is 0. The highest BCUT2D eigenvalue weighted by Crippen LogP contribution is 2.33. The fraction of sp³-hybridized carbons (Fsp3) is 0.545. The maximum Gasteiger partial charge on any atom is 0.303 e. The van der Waals surface area contributed by atoms with Gasteiger partial charge in [-0.15, -0.1) is 0 Å². The molecule has 4 atom stereocenters. The van der Waals surface area contributed by atoms with Crippen LogP contribution in [0.25, 0.3) is 0 Å². The van der Waals surface area contributed by atoms with E-state index in [9.17, 15) is 19.8 Å². The van der Waals surface area contributed by atoms with E-state index in [1.807, 2.05) is 12.2 Å². The highest BCUT2D eigenvalue weighted by Gasteiger charge is 2.39. The monoisotopic (exact) mass is 376 g/mol. The van der Waals surface area contributed by atoms with E-state index in [1.54, 1.807) is 6.08 Å². The molecule has 1 aliphatic carbocycles. The molecule has 5 nitrogen and oxygen atoms in total. The van der Waals surface area contributed by atoms with Gasteiger partial charge in [-0.25, -0.2) is 0 Å². The van der Waals surface area contributed by atoms with Gasteiger partial charge in [0.05, 0.1) is 12.2 Å². The second-order valence-corrected chi connectivity index (χ2v) is 6.84. The lowest BCUT2D eigenvalue weighted by molar-refractivity contribution is -0.137. The number of rotatable bonds is 12. The van der Waals surface area contributed by atoms with Gasteiger partial charge < -0.3 is 15.3 Å². The van der Waals surface area contributed by atoms with E-state index in [0.717, 1.165) is 19.3 Å². The summed E-state index contributed by atoms with van der Waals surface area (Å²) in [5, 5.41) is 28.6. The third kappa shape index (κ3) is 9.50. The van der Waals surface area contributed by atoms with Crippen molar-refractivity contribution in [3.8, 4) is 0 Å². The number of allylic oxidation sites excluding steroid dienone is 6. The van der Waals surface area contributed by atoms with Crippen LogP contribution in [0.5, 0.6) is 0 Å². The van der Waals surface area contributed by atoms with E-state index in [1.165, 1.54) is 6.08 Å². The van der Waals surface area contributed by atoms with E-state index in [4.69, 9.17) is 5.11 Å². The van der Waals surface area contributed by atoms with Gasteiger partial charge in [-0.05, 0) is 32.1 Å². The molecule has 150 valence electrons. The third-order valence-electron chi connectivity index (χ3n) is 4.61. The van der Waals surface area contributed by atoms with Crippen LogP contribution >= 0.6 is 0 Å². The van der Waals surface area contributed by atoms with E-state index in [-0.39, 0.29) is 36.9 Å². The van der Waals surface area contributed by atoms with Crippen molar-refractivity contribution in [1.82, 2.24) is 0 Å². The fourth-order valence-corrected chi connectivity index (χ4v) is 3.10. The molecule has 0 spiro atoms. The summed E-state index contributed by atoms with van der Waals surface area (Å²) in [6.45, 7) is 2.10. The van der Waals surface area contributed by atoms with Crippen LogP contribution in [0.3, 0.4) is 0 Å². The second-order valence-electron chi connectivity index (χ2n) is 6.84. The number of carboxylic acids is 1. The molecule has 3 N–H and O–H groups in total. The zero-order valence-electron chi connectivity index (χ0n) is 16.0. The molecule has 0 saturated heterocycles. The number of aliphatic hydroxyl groups is 2. The van der Waals surface area contributed by atoms with Crippen molar-refractivity contribution in [3.05, 3.63) is 48.6 Å². The number of aliphatic hydroxyl groups excluding tert-OH is 2. The van der Waals surface area contributed by atoms with Crippen molar-refractivity contribution >= 4 is 11.8 Å². The van der Waals surface area contributed by atoms with Crippen LogP contribution in [0.4, 0.5) is 0 Å². The lowest BCUT2D eigenvalue weighted by Gasteiger charge is -2.16. The van der Waals surface area contributed by atoms with Crippen LogP contribution in [-0.4, -0.2) is 39.3 Å². The molecule has 0 bridgehead atoms. The Bertz CT molecular complexity index is 573. The molecule has 0 aromatic rings. The predicted molar refractivity (Wildman–Crippen MR) is 106 cm³/mol. The normalized spacial score (nSPS) is 24.9. The summed E-state index contributed by atoms with van der Waals surface area (Å²) in [7, 11) is 0. The topological polar surface area (TPSA) is 94.8 Å². The molecule has 0 heterocycles. The Morgan fingerprint density at radius 2 is 1.78 bits per heavy atom. The molecule has 0 amide bonds. The maximum atomic E-state index is 12.1. The second kappa shape index (κ2) is 13.2. The van der Waals surface area contributed by atoms with Crippen molar-refractivity contribution in [2.75, 3.05) is 0 Å². The molecule has 0 unspecified atom stereocenters. The Kier molecular flexibility index (Phi) is 11.3. The molecule has 1 rings (SSSR count). The third-order valence-corrected chi connectivity index (χ3v) is 4.61. The van der Waals surface area contributed by atoms with Crippen molar-refractivity contribution in [2.45, 2.75) is 64.1 Å². The molecule has 1 aliphatic rings. The SMILES string of the molecule is CC/C=C\C/C=C\C/C=C\C[C@H]1C(=O)C[C@H](O)[C@@H]1/C=C/[C@@H](O)CCC(=O)O. The van der Waals surface area contributed by atoms with Crippen molar-refractivity contribution in [3.63, 3.8) is 0 Å².